The lowest BCUT2D eigenvalue weighted by molar-refractivity contribution is 0.484. The summed E-state index contributed by atoms with van der Waals surface area (Å²) in [6.07, 6.45) is 3.50. The molecule has 0 saturated heterocycles. The van der Waals surface area contributed by atoms with E-state index in [0.29, 0.717) is 17.4 Å². The monoisotopic (exact) mass is 276 g/mol. The molecule has 0 spiro atoms. The van der Waals surface area contributed by atoms with Crippen LogP contribution < -0.4 is 5.32 Å². The van der Waals surface area contributed by atoms with Crippen molar-refractivity contribution in [3.05, 3.63) is 41.7 Å². The first kappa shape index (κ1) is 14.7. The molecule has 0 fully saturated rings. The van der Waals surface area contributed by atoms with Gasteiger partial charge in [0.05, 0.1) is 6.20 Å². The van der Waals surface area contributed by atoms with Crippen LogP contribution in [0.15, 0.2) is 28.8 Å². The van der Waals surface area contributed by atoms with Crippen molar-refractivity contribution >= 4 is 0 Å². The Kier molecular flexibility index (Phi) is 4.90. The number of hydrogen-bond donors (Lipinski definition) is 1. The minimum Gasteiger partial charge on any atom is -0.441 e. The zero-order valence-corrected chi connectivity index (χ0v) is 12.2. The van der Waals surface area contributed by atoms with E-state index >= 15 is 0 Å². The van der Waals surface area contributed by atoms with E-state index in [0.717, 1.165) is 30.8 Å². The van der Waals surface area contributed by atoms with Crippen molar-refractivity contribution in [3.8, 4) is 11.3 Å². The SMILES string of the molecule is Cc1cc(-c2cnc(CCCNC(C)C)o2)ccc1F. The highest BCUT2D eigenvalue weighted by atomic mass is 19.1. The number of aromatic nitrogens is 1. The molecule has 0 aliphatic heterocycles. The maximum absolute atomic E-state index is 13.2. The van der Waals surface area contributed by atoms with Gasteiger partial charge in [0.25, 0.3) is 0 Å². The highest BCUT2D eigenvalue weighted by molar-refractivity contribution is 5.57. The predicted molar refractivity (Wildman–Crippen MR) is 78.1 cm³/mol. The molecule has 20 heavy (non-hydrogen) atoms. The van der Waals surface area contributed by atoms with Gasteiger partial charge >= 0.3 is 0 Å². The second-order valence-corrected chi connectivity index (χ2v) is 5.29. The standard InChI is InChI=1S/C16H21FN2O/c1-11(2)18-8-4-5-16-19-10-15(20-16)13-6-7-14(17)12(3)9-13/h6-7,9-11,18H,4-5,8H2,1-3H3. The number of oxazole rings is 1. The number of hydrogen-bond acceptors (Lipinski definition) is 3. The van der Waals surface area contributed by atoms with Crippen LogP contribution in [0.2, 0.25) is 0 Å². The third-order valence-electron chi connectivity index (χ3n) is 3.12. The first-order chi connectivity index (χ1) is 9.56. The van der Waals surface area contributed by atoms with Crippen molar-refractivity contribution in [1.82, 2.24) is 10.3 Å². The first-order valence-corrected chi connectivity index (χ1v) is 7.01. The first-order valence-electron chi connectivity index (χ1n) is 7.01. The average molecular weight is 276 g/mol. The summed E-state index contributed by atoms with van der Waals surface area (Å²) in [6, 6.07) is 5.45. The van der Waals surface area contributed by atoms with E-state index in [1.165, 1.54) is 6.07 Å². The van der Waals surface area contributed by atoms with Crippen LogP contribution in [0, 0.1) is 12.7 Å². The van der Waals surface area contributed by atoms with Gasteiger partial charge in [-0.1, -0.05) is 13.8 Å². The number of halogens is 1. The summed E-state index contributed by atoms with van der Waals surface area (Å²) in [5.74, 6) is 1.22. The van der Waals surface area contributed by atoms with Gasteiger partial charge in [0.1, 0.15) is 5.82 Å². The van der Waals surface area contributed by atoms with Crippen molar-refractivity contribution in [2.45, 2.75) is 39.7 Å². The zero-order chi connectivity index (χ0) is 14.5. The fraction of sp³-hybridized carbons (Fsp3) is 0.438. The summed E-state index contributed by atoms with van der Waals surface area (Å²) in [5, 5.41) is 3.36. The summed E-state index contributed by atoms with van der Waals surface area (Å²) in [6.45, 7) is 6.94. The number of aryl methyl sites for hydroxylation is 2. The van der Waals surface area contributed by atoms with E-state index < -0.39 is 0 Å². The Hall–Kier alpha value is -1.68. The summed E-state index contributed by atoms with van der Waals surface area (Å²) in [5.41, 5.74) is 1.48. The van der Waals surface area contributed by atoms with E-state index in [4.69, 9.17) is 4.42 Å². The minimum absolute atomic E-state index is 0.201. The molecule has 0 saturated carbocycles. The molecule has 0 aliphatic rings. The van der Waals surface area contributed by atoms with Crippen molar-refractivity contribution < 1.29 is 8.81 Å². The molecular weight excluding hydrogens is 255 g/mol. The fourth-order valence-electron chi connectivity index (χ4n) is 1.99. The lowest BCUT2D eigenvalue weighted by atomic mass is 10.1. The number of benzene rings is 1. The molecule has 3 nitrogen and oxygen atoms in total. The number of nitrogens with zero attached hydrogens (tertiary/aromatic N) is 1. The highest BCUT2D eigenvalue weighted by Gasteiger charge is 2.08. The quantitative estimate of drug-likeness (QED) is 0.817. The van der Waals surface area contributed by atoms with Gasteiger partial charge in [0, 0.05) is 18.0 Å². The molecular formula is C16H21FN2O. The van der Waals surface area contributed by atoms with E-state index in [9.17, 15) is 4.39 Å². The highest BCUT2D eigenvalue weighted by Crippen LogP contribution is 2.23. The molecule has 0 aliphatic carbocycles. The summed E-state index contributed by atoms with van der Waals surface area (Å²) < 4.78 is 18.9. The van der Waals surface area contributed by atoms with E-state index in [1.54, 1.807) is 25.3 Å². The lowest BCUT2D eigenvalue weighted by Crippen LogP contribution is -2.23. The van der Waals surface area contributed by atoms with Gasteiger partial charge < -0.3 is 9.73 Å². The summed E-state index contributed by atoms with van der Waals surface area (Å²) in [7, 11) is 0. The molecule has 4 heteroatoms. The molecule has 0 unspecified atom stereocenters. The van der Waals surface area contributed by atoms with Crippen molar-refractivity contribution in [2.24, 2.45) is 0 Å². The van der Waals surface area contributed by atoms with Crippen LogP contribution in [0.5, 0.6) is 0 Å². The van der Waals surface area contributed by atoms with E-state index in [-0.39, 0.29) is 5.82 Å². The molecule has 1 aromatic carbocycles. The molecule has 1 heterocycles. The third-order valence-corrected chi connectivity index (χ3v) is 3.12. The van der Waals surface area contributed by atoms with Gasteiger partial charge in [0.15, 0.2) is 11.7 Å². The van der Waals surface area contributed by atoms with Crippen LogP contribution in [0.1, 0.15) is 31.7 Å². The van der Waals surface area contributed by atoms with Gasteiger partial charge in [-0.3, -0.25) is 0 Å². The van der Waals surface area contributed by atoms with Crippen molar-refractivity contribution in [1.29, 1.82) is 0 Å². The molecule has 0 atom stereocenters. The van der Waals surface area contributed by atoms with Gasteiger partial charge in [-0.2, -0.15) is 0 Å². The Labute approximate surface area is 119 Å². The Morgan fingerprint density at radius 2 is 2.15 bits per heavy atom. The topological polar surface area (TPSA) is 38.1 Å². The van der Waals surface area contributed by atoms with Crippen LogP contribution in [0.25, 0.3) is 11.3 Å². The zero-order valence-electron chi connectivity index (χ0n) is 12.2. The molecule has 1 N–H and O–H groups in total. The maximum atomic E-state index is 13.2. The molecule has 0 bridgehead atoms. The minimum atomic E-state index is -0.201. The second kappa shape index (κ2) is 6.66. The van der Waals surface area contributed by atoms with Gasteiger partial charge in [0.2, 0.25) is 0 Å². The molecule has 2 aromatic rings. The van der Waals surface area contributed by atoms with Crippen LogP contribution in [0.3, 0.4) is 0 Å². The lowest BCUT2D eigenvalue weighted by Gasteiger charge is -2.05. The number of nitrogens with one attached hydrogen (secondary N) is 1. The fourth-order valence-corrected chi connectivity index (χ4v) is 1.99. The van der Waals surface area contributed by atoms with Gasteiger partial charge in [-0.15, -0.1) is 0 Å². The summed E-state index contributed by atoms with van der Waals surface area (Å²) >= 11 is 0. The van der Waals surface area contributed by atoms with Crippen LogP contribution in [-0.4, -0.2) is 17.6 Å². The second-order valence-electron chi connectivity index (χ2n) is 5.29. The van der Waals surface area contributed by atoms with Crippen LogP contribution in [-0.2, 0) is 6.42 Å². The molecule has 0 radical (unpaired) electrons. The largest absolute Gasteiger partial charge is 0.441 e. The third kappa shape index (κ3) is 3.90. The Morgan fingerprint density at radius 3 is 2.85 bits per heavy atom. The van der Waals surface area contributed by atoms with Crippen LogP contribution >= 0.6 is 0 Å². The molecule has 1 aromatic heterocycles. The maximum Gasteiger partial charge on any atom is 0.194 e. The van der Waals surface area contributed by atoms with E-state index in [2.05, 4.69) is 24.1 Å². The van der Waals surface area contributed by atoms with Gasteiger partial charge in [-0.25, -0.2) is 9.37 Å². The Balaban J connectivity index is 1.96. The average Bonchev–Trinajstić information content (AvgIpc) is 2.86. The normalized spacial score (nSPS) is 11.2. The Morgan fingerprint density at radius 1 is 1.35 bits per heavy atom. The predicted octanol–water partition coefficient (Wildman–Crippen LogP) is 3.72. The van der Waals surface area contributed by atoms with Crippen molar-refractivity contribution in [3.63, 3.8) is 0 Å². The molecule has 2 rings (SSSR count). The molecule has 108 valence electrons. The molecule has 0 amide bonds. The number of rotatable bonds is 6. The Bertz CT molecular complexity index is 563. The smallest absolute Gasteiger partial charge is 0.194 e. The van der Waals surface area contributed by atoms with E-state index in [1.807, 2.05) is 0 Å². The van der Waals surface area contributed by atoms with Crippen LogP contribution in [0.4, 0.5) is 4.39 Å². The van der Waals surface area contributed by atoms with Crippen molar-refractivity contribution in [2.75, 3.05) is 6.54 Å². The summed E-state index contributed by atoms with van der Waals surface area (Å²) in [4.78, 5) is 4.27. The van der Waals surface area contributed by atoms with Gasteiger partial charge in [-0.05, 0) is 43.7 Å².